The maximum absolute atomic E-state index is 3.65. The van der Waals surface area contributed by atoms with E-state index < -0.39 is 0 Å². The van der Waals surface area contributed by atoms with Crippen LogP contribution in [0, 0.1) is 11.3 Å². The highest BCUT2D eigenvalue weighted by atomic mass is 15.0. The summed E-state index contributed by atoms with van der Waals surface area (Å²) in [6, 6.07) is 0.807. The van der Waals surface area contributed by atoms with Crippen molar-refractivity contribution in [2.75, 3.05) is 19.6 Å². The van der Waals surface area contributed by atoms with Crippen LogP contribution in [0.1, 0.15) is 33.1 Å². The van der Waals surface area contributed by atoms with Crippen LogP contribution in [0.15, 0.2) is 0 Å². The first kappa shape index (κ1) is 9.47. The van der Waals surface area contributed by atoms with Crippen LogP contribution in [0.25, 0.3) is 0 Å². The molecule has 1 saturated heterocycles. The number of hydrogen-bond donors (Lipinski definition) is 2. The zero-order valence-electron chi connectivity index (χ0n) is 8.90. The molecule has 0 aromatic heterocycles. The van der Waals surface area contributed by atoms with Gasteiger partial charge in [-0.25, -0.2) is 0 Å². The molecule has 2 atom stereocenters. The van der Waals surface area contributed by atoms with Gasteiger partial charge in [-0.2, -0.15) is 0 Å². The minimum atomic E-state index is 0.591. The van der Waals surface area contributed by atoms with Crippen LogP contribution in [0.3, 0.4) is 0 Å². The molecule has 1 heterocycles. The summed E-state index contributed by atoms with van der Waals surface area (Å²) in [6.07, 6.45) is 4.12. The fraction of sp³-hybridized carbons (Fsp3) is 1.00. The maximum Gasteiger partial charge on any atom is 0.0124 e. The molecule has 2 heteroatoms. The fourth-order valence-electron chi connectivity index (χ4n) is 2.24. The largest absolute Gasteiger partial charge is 0.316 e. The summed E-state index contributed by atoms with van der Waals surface area (Å²) >= 11 is 0. The van der Waals surface area contributed by atoms with E-state index in [2.05, 4.69) is 24.5 Å². The molecule has 2 unspecified atom stereocenters. The maximum atomic E-state index is 3.65. The van der Waals surface area contributed by atoms with Crippen molar-refractivity contribution in [3.8, 4) is 0 Å². The minimum absolute atomic E-state index is 0.591. The van der Waals surface area contributed by atoms with E-state index in [9.17, 15) is 0 Å². The summed E-state index contributed by atoms with van der Waals surface area (Å²) in [5, 5.41) is 7.06. The highest BCUT2D eigenvalue weighted by Crippen LogP contribution is 2.44. The molecule has 0 spiro atoms. The highest BCUT2D eigenvalue weighted by Gasteiger charge is 2.44. The topological polar surface area (TPSA) is 24.1 Å². The van der Waals surface area contributed by atoms with E-state index in [1.165, 1.54) is 38.9 Å². The lowest BCUT2D eigenvalue weighted by Gasteiger charge is -2.10. The average Bonchev–Trinajstić information content (AvgIpc) is 2.53. The molecular formula is C11H22N2. The van der Waals surface area contributed by atoms with Crippen LogP contribution in [-0.4, -0.2) is 25.7 Å². The van der Waals surface area contributed by atoms with Crippen LogP contribution in [0.2, 0.25) is 0 Å². The molecule has 0 aromatic rings. The summed E-state index contributed by atoms with van der Waals surface area (Å²) < 4.78 is 0. The van der Waals surface area contributed by atoms with Crippen molar-refractivity contribution in [1.82, 2.24) is 10.6 Å². The van der Waals surface area contributed by atoms with Crippen LogP contribution in [0.5, 0.6) is 0 Å². The van der Waals surface area contributed by atoms with Crippen LogP contribution in [0.4, 0.5) is 0 Å². The molecule has 0 amide bonds. The smallest absolute Gasteiger partial charge is 0.0124 e. The lowest BCUT2D eigenvalue weighted by molar-refractivity contribution is 0.473. The van der Waals surface area contributed by atoms with Crippen molar-refractivity contribution in [3.05, 3.63) is 0 Å². The Kier molecular flexibility index (Phi) is 2.61. The van der Waals surface area contributed by atoms with Crippen LogP contribution in [-0.2, 0) is 0 Å². The third-order valence-electron chi connectivity index (χ3n) is 3.62. The Morgan fingerprint density at radius 1 is 1.46 bits per heavy atom. The van der Waals surface area contributed by atoms with Gasteiger partial charge in [-0.3, -0.25) is 0 Å². The first-order valence-corrected chi connectivity index (χ1v) is 5.62. The van der Waals surface area contributed by atoms with Gasteiger partial charge in [-0.15, -0.1) is 0 Å². The summed E-state index contributed by atoms with van der Waals surface area (Å²) in [7, 11) is 0. The molecule has 1 aliphatic heterocycles. The average molecular weight is 182 g/mol. The van der Waals surface area contributed by atoms with Crippen LogP contribution < -0.4 is 10.6 Å². The molecule has 1 saturated carbocycles. The molecule has 2 N–H and O–H groups in total. The van der Waals surface area contributed by atoms with E-state index in [4.69, 9.17) is 0 Å². The SMILES string of the molecule is CC1(C)CC1NCCC1CCNC1. The van der Waals surface area contributed by atoms with Gasteiger partial charge in [0, 0.05) is 6.04 Å². The van der Waals surface area contributed by atoms with Crippen molar-refractivity contribution in [2.45, 2.75) is 39.2 Å². The van der Waals surface area contributed by atoms with Gasteiger partial charge in [0.05, 0.1) is 0 Å². The van der Waals surface area contributed by atoms with Crippen molar-refractivity contribution in [3.63, 3.8) is 0 Å². The normalized spacial score (nSPS) is 36.5. The minimum Gasteiger partial charge on any atom is -0.316 e. The zero-order chi connectivity index (χ0) is 9.31. The molecule has 2 fully saturated rings. The van der Waals surface area contributed by atoms with E-state index in [-0.39, 0.29) is 0 Å². The Bertz CT molecular complexity index is 166. The molecule has 1 aliphatic carbocycles. The van der Waals surface area contributed by atoms with E-state index >= 15 is 0 Å². The molecule has 2 aliphatic rings. The van der Waals surface area contributed by atoms with Crippen LogP contribution >= 0.6 is 0 Å². The third-order valence-corrected chi connectivity index (χ3v) is 3.62. The summed E-state index contributed by atoms with van der Waals surface area (Å²) in [5.41, 5.74) is 0.591. The molecule has 0 aromatic carbocycles. The standard InChI is InChI=1S/C11H22N2/c1-11(2)7-10(11)13-6-4-9-3-5-12-8-9/h9-10,12-13H,3-8H2,1-2H3. The second-order valence-electron chi connectivity index (χ2n) is 5.35. The Balaban J connectivity index is 1.54. The number of hydrogen-bond acceptors (Lipinski definition) is 2. The summed E-state index contributed by atoms with van der Waals surface area (Å²) in [5.74, 6) is 0.939. The van der Waals surface area contributed by atoms with Gasteiger partial charge in [0.1, 0.15) is 0 Å². The fourth-order valence-corrected chi connectivity index (χ4v) is 2.24. The van der Waals surface area contributed by atoms with Crippen molar-refractivity contribution in [1.29, 1.82) is 0 Å². The van der Waals surface area contributed by atoms with Gasteiger partial charge in [0.2, 0.25) is 0 Å². The first-order chi connectivity index (χ1) is 6.18. The Labute approximate surface area is 81.5 Å². The third kappa shape index (κ3) is 2.44. The Morgan fingerprint density at radius 2 is 2.23 bits per heavy atom. The predicted octanol–water partition coefficient (Wildman–Crippen LogP) is 1.37. The van der Waals surface area contributed by atoms with Gasteiger partial charge in [-0.05, 0) is 50.2 Å². The van der Waals surface area contributed by atoms with Crippen molar-refractivity contribution in [2.24, 2.45) is 11.3 Å². The molecule has 2 rings (SSSR count). The van der Waals surface area contributed by atoms with E-state index in [0.717, 1.165) is 12.0 Å². The summed E-state index contributed by atoms with van der Waals surface area (Å²) in [6.45, 7) is 8.40. The quantitative estimate of drug-likeness (QED) is 0.686. The number of nitrogens with one attached hydrogen (secondary N) is 2. The van der Waals surface area contributed by atoms with Gasteiger partial charge >= 0.3 is 0 Å². The molecule has 0 radical (unpaired) electrons. The molecule has 76 valence electrons. The molecule has 2 nitrogen and oxygen atoms in total. The monoisotopic (exact) mass is 182 g/mol. The Hall–Kier alpha value is -0.0800. The predicted molar refractivity (Wildman–Crippen MR) is 55.8 cm³/mol. The van der Waals surface area contributed by atoms with E-state index in [1.807, 2.05) is 0 Å². The van der Waals surface area contributed by atoms with Gasteiger partial charge in [-0.1, -0.05) is 13.8 Å². The molecule has 0 bridgehead atoms. The van der Waals surface area contributed by atoms with E-state index in [1.54, 1.807) is 0 Å². The first-order valence-electron chi connectivity index (χ1n) is 5.62. The lowest BCUT2D eigenvalue weighted by atomic mass is 10.1. The summed E-state index contributed by atoms with van der Waals surface area (Å²) in [4.78, 5) is 0. The van der Waals surface area contributed by atoms with Crippen molar-refractivity contribution >= 4 is 0 Å². The Morgan fingerprint density at radius 3 is 2.77 bits per heavy atom. The number of rotatable bonds is 4. The second kappa shape index (κ2) is 3.58. The second-order valence-corrected chi connectivity index (χ2v) is 5.35. The van der Waals surface area contributed by atoms with Gasteiger partial charge in [0.15, 0.2) is 0 Å². The zero-order valence-corrected chi connectivity index (χ0v) is 8.90. The van der Waals surface area contributed by atoms with Gasteiger partial charge < -0.3 is 10.6 Å². The van der Waals surface area contributed by atoms with E-state index in [0.29, 0.717) is 5.41 Å². The van der Waals surface area contributed by atoms with Gasteiger partial charge in [0.25, 0.3) is 0 Å². The lowest BCUT2D eigenvalue weighted by Crippen LogP contribution is -2.24. The molecule has 13 heavy (non-hydrogen) atoms. The highest BCUT2D eigenvalue weighted by molar-refractivity contribution is 5.01. The van der Waals surface area contributed by atoms with Crippen molar-refractivity contribution < 1.29 is 0 Å². The molecular weight excluding hydrogens is 160 g/mol.